The highest BCUT2D eigenvalue weighted by atomic mass is 16.5. The highest BCUT2D eigenvalue weighted by Gasteiger charge is 2.13. The number of carbonyl (C=O) groups excluding carboxylic acids is 1. The average molecular weight is 258 g/mol. The Bertz CT molecular complexity index is 530. The maximum Gasteiger partial charge on any atom is 0.235 e. The minimum Gasteiger partial charge on any atom is -0.485 e. The van der Waals surface area contributed by atoms with Crippen LogP contribution in [0.15, 0.2) is 47.1 Å². The second-order valence-corrected chi connectivity index (χ2v) is 5.46. The first-order chi connectivity index (χ1) is 8.97. The standard InChI is InChI=1S/C16H18O3/c1-16(2,3)12-6-8-13(9-7-12)19-11-14(17)15-5-4-10-18-15/h4-10H,11H2,1-3H3. The molecule has 0 radical (unpaired) electrons. The second kappa shape index (κ2) is 5.31. The van der Waals surface area contributed by atoms with E-state index in [0.29, 0.717) is 11.5 Å². The van der Waals surface area contributed by atoms with Crippen LogP contribution in [0.4, 0.5) is 0 Å². The minimum absolute atomic E-state index is 0.0115. The van der Waals surface area contributed by atoms with Gasteiger partial charge in [-0.3, -0.25) is 4.79 Å². The lowest BCUT2D eigenvalue weighted by Crippen LogP contribution is -2.12. The van der Waals surface area contributed by atoms with Crippen molar-refractivity contribution in [2.24, 2.45) is 0 Å². The molecule has 1 aromatic carbocycles. The quantitative estimate of drug-likeness (QED) is 0.782. The Morgan fingerprint density at radius 3 is 2.37 bits per heavy atom. The van der Waals surface area contributed by atoms with Crippen LogP contribution in [0.3, 0.4) is 0 Å². The summed E-state index contributed by atoms with van der Waals surface area (Å²) in [5, 5.41) is 0. The fourth-order valence-electron chi connectivity index (χ4n) is 1.71. The van der Waals surface area contributed by atoms with Gasteiger partial charge in [0.25, 0.3) is 0 Å². The van der Waals surface area contributed by atoms with E-state index >= 15 is 0 Å². The van der Waals surface area contributed by atoms with Crippen LogP contribution >= 0.6 is 0 Å². The molecule has 3 nitrogen and oxygen atoms in total. The SMILES string of the molecule is CC(C)(C)c1ccc(OCC(=O)c2ccco2)cc1. The fourth-order valence-corrected chi connectivity index (χ4v) is 1.71. The van der Waals surface area contributed by atoms with Crippen LogP contribution in [-0.2, 0) is 5.41 Å². The largest absolute Gasteiger partial charge is 0.485 e. The maximum absolute atomic E-state index is 11.7. The summed E-state index contributed by atoms with van der Waals surface area (Å²) in [5.74, 6) is 0.851. The molecule has 0 saturated heterocycles. The molecule has 0 bridgehead atoms. The third kappa shape index (κ3) is 3.47. The summed E-state index contributed by atoms with van der Waals surface area (Å²) in [6, 6.07) is 11.1. The third-order valence-electron chi connectivity index (χ3n) is 2.89. The number of furan rings is 1. The van der Waals surface area contributed by atoms with Gasteiger partial charge >= 0.3 is 0 Å². The molecule has 0 aliphatic heterocycles. The van der Waals surface area contributed by atoms with E-state index in [1.54, 1.807) is 12.1 Å². The summed E-state index contributed by atoms with van der Waals surface area (Å²) in [6.07, 6.45) is 1.48. The summed E-state index contributed by atoms with van der Waals surface area (Å²) in [6.45, 7) is 6.46. The van der Waals surface area contributed by atoms with Crippen LogP contribution in [0.5, 0.6) is 5.75 Å². The molecule has 0 N–H and O–H groups in total. The van der Waals surface area contributed by atoms with Crippen molar-refractivity contribution in [3.05, 3.63) is 54.0 Å². The average Bonchev–Trinajstić information content (AvgIpc) is 2.89. The Labute approximate surface area is 113 Å². The van der Waals surface area contributed by atoms with E-state index in [1.165, 1.54) is 11.8 Å². The summed E-state index contributed by atoms with van der Waals surface area (Å²) in [4.78, 5) is 11.7. The van der Waals surface area contributed by atoms with Crippen molar-refractivity contribution in [1.82, 2.24) is 0 Å². The number of benzene rings is 1. The Morgan fingerprint density at radius 1 is 1.16 bits per heavy atom. The van der Waals surface area contributed by atoms with Gasteiger partial charge < -0.3 is 9.15 Å². The molecule has 100 valence electrons. The maximum atomic E-state index is 11.7. The molecule has 0 saturated carbocycles. The van der Waals surface area contributed by atoms with Crippen molar-refractivity contribution in [2.75, 3.05) is 6.61 Å². The number of ether oxygens (including phenoxy) is 1. The fraction of sp³-hybridized carbons (Fsp3) is 0.312. The molecular weight excluding hydrogens is 240 g/mol. The molecule has 0 aliphatic carbocycles. The van der Waals surface area contributed by atoms with Gasteiger partial charge in [0.05, 0.1) is 6.26 Å². The van der Waals surface area contributed by atoms with Crippen LogP contribution in [0.2, 0.25) is 0 Å². The molecule has 2 aromatic rings. The summed E-state index contributed by atoms with van der Waals surface area (Å²) in [5.41, 5.74) is 1.35. The molecule has 0 spiro atoms. The van der Waals surface area contributed by atoms with Crippen LogP contribution in [0.25, 0.3) is 0 Å². The van der Waals surface area contributed by atoms with Gasteiger partial charge in [0.2, 0.25) is 5.78 Å². The van der Waals surface area contributed by atoms with E-state index in [0.717, 1.165) is 0 Å². The van der Waals surface area contributed by atoms with Crippen molar-refractivity contribution in [1.29, 1.82) is 0 Å². The van der Waals surface area contributed by atoms with Crippen molar-refractivity contribution in [2.45, 2.75) is 26.2 Å². The predicted molar refractivity (Wildman–Crippen MR) is 73.7 cm³/mol. The smallest absolute Gasteiger partial charge is 0.235 e. The van der Waals surface area contributed by atoms with Crippen LogP contribution in [0, 0.1) is 0 Å². The predicted octanol–water partition coefficient (Wildman–Crippen LogP) is 3.84. The first-order valence-corrected chi connectivity index (χ1v) is 6.27. The van der Waals surface area contributed by atoms with E-state index in [2.05, 4.69) is 20.8 Å². The van der Waals surface area contributed by atoms with Gasteiger partial charge in [0.1, 0.15) is 5.75 Å². The van der Waals surface area contributed by atoms with Crippen molar-refractivity contribution >= 4 is 5.78 Å². The number of hydrogen-bond acceptors (Lipinski definition) is 3. The number of hydrogen-bond donors (Lipinski definition) is 0. The van der Waals surface area contributed by atoms with Crippen molar-refractivity contribution in [3.8, 4) is 5.75 Å². The number of rotatable bonds is 4. The molecule has 2 rings (SSSR count). The molecule has 1 aromatic heterocycles. The first-order valence-electron chi connectivity index (χ1n) is 6.27. The van der Waals surface area contributed by atoms with Gasteiger partial charge in [-0.2, -0.15) is 0 Å². The summed E-state index contributed by atoms with van der Waals surface area (Å²) in [7, 11) is 0. The number of ketones is 1. The molecule has 0 fully saturated rings. The minimum atomic E-state index is -0.162. The Morgan fingerprint density at radius 2 is 1.84 bits per heavy atom. The van der Waals surface area contributed by atoms with E-state index in [-0.39, 0.29) is 17.8 Å². The Kier molecular flexibility index (Phi) is 3.74. The highest BCUT2D eigenvalue weighted by Crippen LogP contribution is 2.24. The number of Topliss-reactive ketones (excluding diaryl/α,β-unsaturated/α-hetero) is 1. The molecule has 0 aliphatic rings. The molecule has 19 heavy (non-hydrogen) atoms. The van der Waals surface area contributed by atoms with E-state index in [4.69, 9.17) is 9.15 Å². The zero-order valence-electron chi connectivity index (χ0n) is 11.5. The number of carbonyl (C=O) groups is 1. The normalized spacial score (nSPS) is 11.3. The monoisotopic (exact) mass is 258 g/mol. The lowest BCUT2D eigenvalue weighted by atomic mass is 9.87. The highest BCUT2D eigenvalue weighted by molar-refractivity contribution is 5.94. The van der Waals surface area contributed by atoms with Crippen molar-refractivity contribution in [3.63, 3.8) is 0 Å². The molecule has 0 amide bonds. The zero-order chi connectivity index (χ0) is 13.9. The molecule has 0 unspecified atom stereocenters. The van der Waals surface area contributed by atoms with Gasteiger partial charge in [-0.25, -0.2) is 0 Å². The molecule has 1 heterocycles. The molecular formula is C16H18O3. The van der Waals surface area contributed by atoms with Crippen LogP contribution in [-0.4, -0.2) is 12.4 Å². The van der Waals surface area contributed by atoms with E-state index in [9.17, 15) is 4.79 Å². The van der Waals surface area contributed by atoms with Gasteiger partial charge in [-0.1, -0.05) is 32.9 Å². The second-order valence-electron chi connectivity index (χ2n) is 5.46. The Balaban J connectivity index is 1.95. The first kappa shape index (κ1) is 13.4. The van der Waals surface area contributed by atoms with Crippen molar-refractivity contribution < 1.29 is 13.9 Å². The summed E-state index contributed by atoms with van der Waals surface area (Å²) >= 11 is 0. The Hall–Kier alpha value is -2.03. The van der Waals surface area contributed by atoms with Gasteiger partial charge in [-0.05, 0) is 35.2 Å². The van der Waals surface area contributed by atoms with Crippen LogP contribution in [0.1, 0.15) is 36.9 Å². The third-order valence-corrected chi connectivity index (χ3v) is 2.89. The van der Waals surface area contributed by atoms with Gasteiger partial charge in [0.15, 0.2) is 12.4 Å². The molecule has 3 heteroatoms. The van der Waals surface area contributed by atoms with Gasteiger partial charge in [-0.15, -0.1) is 0 Å². The van der Waals surface area contributed by atoms with E-state index < -0.39 is 0 Å². The topological polar surface area (TPSA) is 39.4 Å². The van der Waals surface area contributed by atoms with Gasteiger partial charge in [0, 0.05) is 0 Å². The lowest BCUT2D eigenvalue weighted by Gasteiger charge is -2.19. The zero-order valence-corrected chi connectivity index (χ0v) is 11.5. The summed E-state index contributed by atoms with van der Waals surface area (Å²) < 4.78 is 10.5. The lowest BCUT2D eigenvalue weighted by molar-refractivity contribution is 0.0893. The van der Waals surface area contributed by atoms with Crippen LogP contribution < -0.4 is 4.74 Å². The van der Waals surface area contributed by atoms with E-state index in [1.807, 2.05) is 24.3 Å². The molecule has 0 atom stereocenters.